The molecule has 2 aliphatic heterocycles. The van der Waals surface area contributed by atoms with Crippen LogP contribution in [0.5, 0.6) is 0 Å². The molecule has 1 unspecified atom stereocenters. The molecule has 1 atom stereocenters. The van der Waals surface area contributed by atoms with E-state index < -0.39 is 0 Å². The van der Waals surface area contributed by atoms with Gasteiger partial charge in [0.25, 0.3) is 0 Å². The van der Waals surface area contributed by atoms with E-state index in [4.69, 9.17) is 4.42 Å². The van der Waals surface area contributed by atoms with Gasteiger partial charge in [-0.15, -0.1) is 0 Å². The van der Waals surface area contributed by atoms with Gasteiger partial charge in [0.2, 0.25) is 11.8 Å². The van der Waals surface area contributed by atoms with E-state index in [-0.39, 0.29) is 17.7 Å². The summed E-state index contributed by atoms with van der Waals surface area (Å²) in [6.07, 6.45) is 2.68. The quantitative estimate of drug-likeness (QED) is 0.693. The Morgan fingerprint density at radius 3 is 2.83 bits per heavy atom. The third-order valence-corrected chi connectivity index (χ3v) is 5.21. The van der Waals surface area contributed by atoms with Gasteiger partial charge in [0, 0.05) is 19.5 Å². The molecule has 1 aromatic carbocycles. The molecule has 2 aliphatic rings. The Hall–Kier alpha value is -2.05. The Bertz CT molecular complexity index is 757. The average molecular weight is 328 g/mol. The molecule has 4 rings (SSSR count). The summed E-state index contributed by atoms with van der Waals surface area (Å²) in [6.45, 7) is 1.68. The zero-order valence-corrected chi connectivity index (χ0v) is 13.3. The van der Waals surface area contributed by atoms with Gasteiger partial charge in [-0.1, -0.05) is 18.2 Å². The number of nitrogens with zero attached hydrogens (tertiary/aromatic N) is 1. The van der Waals surface area contributed by atoms with Crippen LogP contribution < -0.4 is 5.32 Å². The van der Waals surface area contributed by atoms with E-state index in [1.54, 1.807) is 18.2 Å². The summed E-state index contributed by atoms with van der Waals surface area (Å²) in [7, 11) is 0. The summed E-state index contributed by atoms with van der Waals surface area (Å²) in [5, 5.41) is 3.31. The largest absolute Gasteiger partial charge is 0.457 e. The fourth-order valence-corrected chi connectivity index (χ4v) is 4.02. The number of furan rings is 1. The van der Waals surface area contributed by atoms with Crippen molar-refractivity contribution >= 4 is 23.8 Å². The summed E-state index contributed by atoms with van der Waals surface area (Å²) in [5.74, 6) is -0.570. The van der Waals surface area contributed by atoms with Crippen LogP contribution in [0.4, 0.5) is 0 Å². The fraction of sp³-hybridized carbons (Fsp3) is 0.294. The first-order valence-corrected chi connectivity index (χ1v) is 8.38. The molecule has 5 nitrogen and oxygen atoms in total. The molecule has 0 spiro atoms. The Labute approximate surface area is 138 Å². The summed E-state index contributed by atoms with van der Waals surface area (Å²) < 4.78 is 7.61. The molecule has 2 aromatic rings. The van der Waals surface area contributed by atoms with E-state index in [0.717, 1.165) is 23.7 Å². The van der Waals surface area contributed by atoms with E-state index in [9.17, 15) is 9.59 Å². The summed E-state index contributed by atoms with van der Waals surface area (Å²) >= 11 is 1.60. The number of amides is 2. The second-order valence-electron chi connectivity index (χ2n) is 5.85. The van der Waals surface area contributed by atoms with Crippen LogP contribution >= 0.6 is 11.9 Å². The molecule has 23 heavy (non-hydrogen) atoms. The van der Waals surface area contributed by atoms with Crippen molar-refractivity contribution < 1.29 is 14.0 Å². The van der Waals surface area contributed by atoms with E-state index in [0.29, 0.717) is 12.8 Å². The number of carbonyl (C=O) groups excluding carboxylic acids is 2. The van der Waals surface area contributed by atoms with Crippen LogP contribution in [-0.2, 0) is 22.7 Å². The minimum Gasteiger partial charge on any atom is -0.457 e. The van der Waals surface area contributed by atoms with Crippen molar-refractivity contribution in [1.82, 2.24) is 9.62 Å². The van der Waals surface area contributed by atoms with Crippen molar-refractivity contribution in [3.63, 3.8) is 0 Å². The van der Waals surface area contributed by atoms with Crippen LogP contribution in [0.1, 0.15) is 35.4 Å². The minimum absolute atomic E-state index is 0.173. The highest BCUT2D eigenvalue weighted by atomic mass is 32.2. The molecule has 6 heteroatoms. The van der Waals surface area contributed by atoms with Gasteiger partial charge in [0.15, 0.2) is 5.09 Å². The minimum atomic E-state index is -0.218. The first-order valence-electron chi connectivity index (χ1n) is 7.61. The van der Waals surface area contributed by atoms with Gasteiger partial charge in [0.05, 0.1) is 12.2 Å². The van der Waals surface area contributed by atoms with E-state index >= 15 is 0 Å². The molecule has 1 saturated heterocycles. The Morgan fingerprint density at radius 1 is 1.17 bits per heavy atom. The van der Waals surface area contributed by atoms with E-state index in [1.807, 2.05) is 18.2 Å². The fourth-order valence-electron chi connectivity index (χ4n) is 3.12. The lowest BCUT2D eigenvalue weighted by molar-refractivity contribution is -0.134. The SMILES string of the molecule is O=C1CCC(c2ccc3c(c2)CN(Sc2ccco2)C3)C(=O)N1. The number of fused-ring (bicyclic) bond motifs is 1. The maximum Gasteiger partial charge on any atom is 0.234 e. The maximum absolute atomic E-state index is 12.0. The smallest absolute Gasteiger partial charge is 0.234 e. The number of nitrogens with one attached hydrogen (secondary N) is 1. The van der Waals surface area contributed by atoms with Crippen molar-refractivity contribution in [3.05, 3.63) is 53.3 Å². The van der Waals surface area contributed by atoms with E-state index in [2.05, 4.69) is 21.8 Å². The zero-order chi connectivity index (χ0) is 15.8. The maximum atomic E-state index is 12.0. The Balaban J connectivity index is 1.50. The summed E-state index contributed by atoms with van der Waals surface area (Å²) in [5.41, 5.74) is 3.52. The molecule has 0 saturated carbocycles. The third-order valence-electron chi connectivity index (χ3n) is 4.28. The zero-order valence-electron chi connectivity index (χ0n) is 12.5. The highest BCUT2D eigenvalue weighted by Crippen LogP contribution is 2.35. The molecule has 0 radical (unpaired) electrons. The Kier molecular flexibility index (Phi) is 3.71. The molecule has 3 heterocycles. The standard InChI is InChI=1S/C17H16N2O3S/c20-15-6-5-14(17(21)18-15)11-3-4-12-9-19(10-13(12)8-11)23-16-2-1-7-22-16/h1-4,7-8,14H,5-6,9-10H2,(H,18,20,21). The van der Waals surface area contributed by atoms with Crippen LogP contribution in [0.3, 0.4) is 0 Å². The lowest BCUT2D eigenvalue weighted by Gasteiger charge is -2.21. The van der Waals surface area contributed by atoms with Gasteiger partial charge in [0.1, 0.15) is 0 Å². The number of imide groups is 1. The second kappa shape index (κ2) is 5.86. The van der Waals surface area contributed by atoms with Gasteiger partial charge in [-0.05, 0) is 47.2 Å². The molecular formula is C17H16N2O3S. The number of carbonyl (C=O) groups is 2. The molecule has 0 aliphatic carbocycles. The van der Waals surface area contributed by atoms with Crippen LogP contribution in [0.25, 0.3) is 0 Å². The molecule has 1 N–H and O–H groups in total. The molecule has 0 bridgehead atoms. The monoisotopic (exact) mass is 328 g/mol. The highest BCUT2D eigenvalue weighted by molar-refractivity contribution is 7.96. The van der Waals surface area contributed by atoms with Crippen molar-refractivity contribution in [2.45, 2.75) is 36.9 Å². The number of benzene rings is 1. The lowest BCUT2D eigenvalue weighted by atomic mass is 9.89. The first kappa shape index (κ1) is 14.5. The number of hydrogen-bond donors (Lipinski definition) is 1. The van der Waals surface area contributed by atoms with E-state index in [1.165, 1.54) is 11.1 Å². The topological polar surface area (TPSA) is 62.6 Å². The average Bonchev–Trinajstić information content (AvgIpc) is 3.15. The van der Waals surface area contributed by atoms with Crippen LogP contribution in [-0.4, -0.2) is 16.1 Å². The molecular weight excluding hydrogens is 312 g/mol. The van der Waals surface area contributed by atoms with Gasteiger partial charge >= 0.3 is 0 Å². The highest BCUT2D eigenvalue weighted by Gasteiger charge is 2.29. The second-order valence-corrected chi connectivity index (χ2v) is 6.95. The van der Waals surface area contributed by atoms with Crippen molar-refractivity contribution in [2.24, 2.45) is 0 Å². The van der Waals surface area contributed by atoms with Crippen molar-refractivity contribution in [1.29, 1.82) is 0 Å². The third kappa shape index (κ3) is 2.92. The van der Waals surface area contributed by atoms with Crippen molar-refractivity contribution in [3.8, 4) is 0 Å². The summed E-state index contributed by atoms with van der Waals surface area (Å²) in [4.78, 5) is 23.3. The number of rotatable bonds is 3. The van der Waals surface area contributed by atoms with Gasteiger partial charge in [-0.25, -0.2) is 4.31 Å². The summed E-state index contributed by atoms with van der Waals surface area (Å²) in [6, 6.07) is 10.0. The van der Waals surface area contributed by atoms with Gasteiger partial charge in [-0.3, -0.25) is 14.9 Å². The van der Waals surface area contributed by atoms with Crippen LogP contribution in [0.2, 0.25) is 0 Å². The lowest BCUT2D eigenvalue weighted by Crippen LogP contribution is -2.39. The molecule has 118 valence electrons. The van der Waals surface area contributed by atoms with Crippen LogP contribution in [0.15, 0.2) is 46.1 Å². The molecule has 2 amide bonds. The molecule has 1 aromatic heterocycles. The predicted molar refractivity (Wildman–Crippen MR) is 85.4 cm³/mol. The normalized spacial score (nSPS) is 21.3. The predicted octanol–water partition coefficient (Wildman–Crippen LogP) is 2.82. The van der Waals surface area contributed by atoms with Crippen molar-refractivity contribution in [2.75, 3.05) is 0 Å². The van der Waals surface area contributed by atoms with Crippen LogP contribution in [0, 0.1) is 0 Å². The number of hydrogen-bond acceptors (Lipinski definition) is 5. The number of piperidine rings is 1. The first-order chi connectivity index (χ1) is 11.2. The molecule has 1 fully saturated rings. The van der Waals surface area contributed by atoms with Gasteiger partial charge < -0.3 is 4.42 Å². The van der Waals surface area contributed by atoms with Gasteiger partial charge in [-0.2, -0.15) is 0 Å². The Morgan fingerprint density at radius 2 is 2.04 bits per heavy atom.